The first-order valence-corrected chi connectivity index (χ1v) is 30.0. The van der Waals surface area contributed by atoms with Gasteiger partial charge in [-0.25, -0.2) is 13.8 Å². The Labute approximate surface area is 478 Å². The number of phenols is 1. The molecule has 428 valence electrons. The average molecular weight is 1120 g/mol. The van der Waals surface area contributed by atoms with E-state index in [1.165, 1.54) is 24.3 Å². The summed E-state index contributed by atoms with van der Waals surface area (Å²) in [6, 6.07) is 12.8. The zero-order valence-corrected chi connectivity index (χ0v) is 48.1. The van der Waals surface area contributed by atoms with E-state index in [2.05, 4.69) is 58.8 Å². The zero-order valence-electron chi connectivity index (χ0n) is 47.3. The smallest absolute Gasteiger partial charge is 0.319 e. The van der Waals surface area contributed by atoms with E-state index in [1.807, 2.05) is 52.3 Å². The van der Waals surface area contributed by atoms with Gasteiger partial charge >= 0.3 is 6.01 Å². The molecular formula is C63H76F2N10O5S. The van der Waals surface area contributed by atoms with Crippen LogP contribution in [-0.4, -0.2) is 122 Å². The standard InChI is InChI=1S/C63H76F2N10O5S/c1-7-47-50(64)26-23-42-31-45(76)32-48(53(42)47)55-54(65)56-49(33-66-55)59(74-34-43-24-25-44(35-74)69-43)72-62(71-56)80-46-27-30-73(36-46)28-15-13-11-9-8-10-12-14-18-52(77)70-58(63(4,5)6)61(79)75-29-16-17-51(75)60(78)68-38(2)40-19-21-41(22-20-40)57-39(3)67-37-81-57/h1,19-23,26,31-33,37-38,43-44,46,51,58,69,76H,8-18,24-25,27-30,34-36H2,2-6H3,(H,68,78)(H,70,77)/t38-,43?,44?,46?,51-,58?/m0/s1. The number of ether oxygens (including phenoxy) is 1. The van der Waals surface area contributed by atoms with E-state index in [0.717, 1.165) is 112 Å². The van der Waals surface area contributed by atoms with Crippen LogP contribution < -0.4 is 25.6 Å². The van der Waals surface area contributed by atoms with Gasteiger partial charge in [0.1, 0.15) is 46.8 Å². The summed E-state index contributed by atoms with van der Waals surface area (Å²) in [5, 5.41) is 21.7. The lowest BCUT2D eigenvalue weighted by Gasteiger charge is -2.35. The molecule has 4 saturated heterocycles. The van der Waals surface area contributed by atoms with Crippen molar-refractivity contribution >= 4 is 56.6 Å². The zero-order chi connectivity index (χ0) is 57.0. The van der Waals surface area contributed by atoms with Crippen molar-refractivity contribution < 1.29 is 33.0 Å². The average Bonchev–Trinajstić information content (AvgIpc) is 4.43. The molecular weight excluding hydrogens is 1050 g/mol. The van der Waals surface area contributed by atoms with Crippen LogP contribution in [0.5, 0.6) is 11.8 Å². The van der Waals surface area contributed by atoms with E-state index >= 15 is 8.78 Å². The number of amides is 3. The van der Waals surface area contributed by atoms with Crippen molar-refractivity contribution in [1.82, 2.24) is 45.7 Å². The summed E-state index contributed by atoms with van der Waals surface area (Å²) in [5.74, 6) is 0.933. The highest BCUT2D eigenvalue weighted by atomic mass is 32.1. The molecule has 4 aliphatic heterocycles. The van der Waals surface area contributed by atoms with Crippen molar-refractivity contribution in [1.29, 1.82) is 0 Å². The maximum Gasteiger partial charge on any atom is 0.319 e. The second kappa shape index (κ2) is 25.1. The molecule has 10 rings (SSSR count). The topological polar surface area (TPSA) is 178 Å². The number of aryl methyl sites for hydroxylation is 1. The highest BCUT2D eigenvalue weighted by Crippen LogP contribution is 2.40. The molecule has 81 heavy (non-hydrogen) atoms. The van der Waals surface area contributed by atoms with Crippen LogP contribution in [0.25, 0.3) is 43.4 Å². The van der Waals surface area contributed by atoms with Crippen LogP contribution in [0.4, 0.5) is 14.6 Å². The lowest BCUT2D eigenvalue weighted by Crippen LogP contribution is -2.57. The summed E-state index contributed by atoms with van der Waals surface area (Å²) in [4.78, 5) is 67.1. The largest absolute Gasteiger partial charge is 0.508 e. The number of unbranched alkanes of at least 4 members (excludes halogenated alkanes) is 7. The third kappa shape index (κ3) is 13.1. The number of hydrogen-bond acceptors (Lipinski definition) is 13. The number of carbonyl (C=O) groups is 3. The number of fused-ring (bicyclic) bond motifs is 4. The summed E-state index contributed by atoms with van der Waals surface area (Å²) in [6.07, 6.45) is 19.9. The number of aromatic nitrogens is 4. The molecule has 4 unspecified atom stereocenters. The van der Waals surface area contributed by atoms with E-state index in [4.69, 9.17) is 16.1 Å². The van der Waals surface area contributed by atoms with Crippen LogP contribution in [0.15, 0.2) is 60.2 Å². The molecule has 0 radical (unpaired) electrons. The Hall–Kier alpha value is -6.81. The number of terminal acetylenes is 1. The van der Waals surface area contributed by atoms with Gasteiger partial charge in [0.25, 0.3) is 0 Å². The third-order valence-corrected chi connectivity index (χ3v) is 17.8. The van der Waals surface area contributed by atoms with Crippen molar-refractivity contribution in [2.75, 3.05) is 44.2 Å². The molecule has 7 heterocycles. The predicted molar refractivity (Wildman–Crippen MR) is 314 cm³/mol. The molecule has 2 bridgehead atoms. The Morgan fingerprint density at radius 1 is 0.901 bits per heavy atom. The van der Waals surface area contributed by atoms with Crippen LogP contribution >= 0.6 is 11.3 Å². The van der Waals surface area contributed by atoms with Crippen molar-refractivity contribution in [2.45, 2.75) is 161 Å². The van der Waals surface area contributed by atoms with Crippen LogP contribution in [0, 0.1) is 36.3 Å². The van der Waals surface area contributed by atoms with Crippen molar-refractivity contribution in [3.63, 3.8) is 0 Å². The Morgan fingerprint density at radius 2 is 1.63 bits per heavy atom. The predicted octanol–water partition coefficient (Wildman–Crippen LogP) is 10.5. The number of anilines is 1. The maximum absolute atomic E-state index is 17.1. The van der Waals surface area contributed by atoms with Gasteiger partial charge in [-0.3, -0.25) is 24.3 Å². The number of likely N-dealkylation sites (tertiary alicyclic amines) is 2. The molecule has 15 nitrogen and oxygen atoms in total. The second-order valence-corrected chi connectivity index (χ2v) is 24.7. The van der Waals surface area contributed by atoms with Gasteiger partial charge in [-0.2, -0.15) is 9.97 Å². The maximum atomic E-state index is 17.1. The van der Waals surface area contributed by atoms with E-state index in [1.54, 1.807) is 22.4 Å². The van der Waals surface area contributed by atoms with Gasteiger partial charge in [-0.15, -0.1) is 17.8 Å². The molecule has 6 aromatic rings. The fourth-order valence-corrected chi connectivity index (χ4v) is 13.2. The van der Waals surface area contributed by atoms with Crippen LogP contribution in [0.1, 0.15) is 140 Å². The molecule has 4 N–H and O–H groups in total. The van der Waals surface area contributed by atoms with Gasteiger partial charge in [-0.1, -0.05) is 95.5 Å². The van der Waals surface area contributed by atoms with Crippen LogP contribution in [0.3, 0.4) is 0 Å². The number of benzene rings is 3. The summed E-state index contributed by atoms with van der Waals surface area (Å²) < 4.78 is 38.6. The highest BCUT2D eigenvalue weighted by Gasteiger charge is 2.42. The minimum atomic E-state index is -0.750. The number of aromatic hydroxyl groups is 1. The Balaban J connectivity index is 0.658. The number of halogens is 2. The molecule has 3 aromatic carbocycles. The Kier molecular flexibility index (Phi) is 17.8. The van der Waals surface area contributed by atoms with Crippen molar-refractivity contribution in [2.24, 2.45) is 5.41 Å². The highest BCUT2D eigenvalue weighted by molar-refractivity contribution is 7.13. The quantitative estimate of drug-likeness (QED) is 0.0397. The van der Waals surface area contributed by atoms with Gasteiger partial charge < -0.3 is 35.6 Å². The number of piperazine rings is 1. The van der Waals surface area contributed by atoms with Crippen molar-refractivity contribution in [3.05, 3.63) is 88.7 Å². The lowest BCUT2D eigenvalue weighted by molar-refractivity contribution is -0.144. The number of thiazole rings is 1. The van der Waals surface area contributed by atoms with E-state index < -0.39 is 29.1 Å². The van der Waals surface area contributed by atoms with Gasteiger partial charge in [-0.05, 0) is 105 Å². The number of phenolic OH excluding ortho intramolecular Hbond substituents is 1. The summed E-state index contributed by atoms with van der Waals surface area (Å²) in [7, 11) is 0. The van der Waals surface area contributed by atoms with E-state index in [-0.39, 0.29) is 81.4 Å². The Bertz CT molecular complexity index is 3290. The fraction of sp³-hybridized carbons (Fsp3) is 0.508. The third-order valence-electron chi connectivity index (χ3n) is 16.8. The van der Waals surface area contributed by atoms with E-state index in [9.17, 15) is 19.5 Å². The van der Waals surface area contributed by atoms with Crippen LogP contribution in [0.2, 0.25) is 0 Å². The van der Waals surface area contributed by atoms with Crippen LogP contribution in [-0.2, 0) is 14.4 Å². The van der Waals surface area contributed by atoms with Gasteiger partial charge in [0, 0.05) is 68.4 Å². The Morgan fingerprint density at radius 3 is 2.33 bits per heavy atom. The number of carbonyl (C=O) groups excluding carboxylic acids is 3. The monoisotopic (exact) mass is 1120 g/mol. The summed E-state index contributed by atoms with van der Waals surface area (Å²) in [6.45, 7) is 14.2. The second-order valence-electron chi connectivity index (χ2n) is 23.8. The normalized spacial score (nSPS) is 20.0. The first-order chi connectivity index (χ1) is 39.0. The lowest BCUT2D eigenvalue weighted by atomic mass is 9.85. The molecule has 18 heteroatoms. The molecule has 4 aliphatic rings. The van der Waals surface area contributed by atoms with Crippen molar-refractivity contribution in [3.8, 4) is 45.8 Å². The minimum absolute atomic E-state index is 0.0300. The number of rotatable bonds is 21. The molecule has 4 fully saturated rings. The number of nitrogens with zero attached hydrogens (tertiary/aromatic N) is 7. The van der Waals surface area contributed by atoms with Gasteiger partial charge in [0.15, 0.2) is 5.82 Å². The van der Waals surface area contributed by atoms with E-state index in [0.29, 0.717) is 55.6 Å². The molecule has 0 saturated carbocycles. The molecule has 0 spiro atoms. The molecule has 3 aromatic heterocycles. The first-order valence-electron chi connectivity index (χ1n) is 29.1. The SMILES string of the molecule is C#Cc1c(F)ccc2cc(O)cc(-c3ncc4c(N5CC6CCC(C5)N6)nc(OC5CCN(CCCCCCCCCCC(=O)NC(C(=O)N6CCC[C@H]6C(=O)N[C@@H](C)c6ccc(-c7scnc7C)cc6)C(C)(C)C)C5)nc4c3F)c12. The number of hydrogen-bond donors (Lipinski definition) is 4. The molecule has 0 aliphatic carbocycles. The summed E-state index contributed by atoms with van der Waals surface area (Å²) in [5.41, 5.74) is 4.39. The minimum Gasteiger partial charge on any atom is -0.508 e. The fourth-order valence-electron chi connectivity index (χ4n) is 12.4. The first kappa shape index (κ1) is 57.4. The van der Waals surface area contributed by atoms with Gasteiger partial charge in [0.05, 0.1) is 33.1 Å². The van der Waals surface area contributed by atoms with Gasteiger partial charge in [0.2, 0.25) is 17.7 Å². The summed E-state index contributed by atoms with van der Waals surface area (Å²) >= 11 is 1.60. The number of pyridine rings is 1. The number of nitrogens with one attached hydrogen (secondary N) is 3. The molecule has 3 amide bonds. The molecule has 6 atom stereocenters.